The summed E-state index contributed by atoms with van der Waals surface area (Å²) >= 11 is 0. The number of hydrogen-bond donors (Lipinski definition) is 4. The van der Waals surface area contributed by atoms with E-state index in [2.05, 4.69) is 21.3 Å². The number of likely N-dealkylation sites (N-methyl/N-ethyl adjacent to an activating group) is 2. The normalized spacial score (nSPS) is 21.3. The van der Waals surface area contributed by atoms with Crippen LogP contribution in [0.5, 0.6) is 0 Å². The molecule has 0 spiro atoms. The molecule has 16 heteroatoms. The molecule has 4 N–H and O–H groups in total. The number of hydrogen-bond acceptors (Lipinski definition) is 8. The second-order valence-electron chi connectivity index (χ2n) is 22.9. The molecule has 4 aliphatic rings. The first-order chi connectivity index (χ1) is 38.7. The van der Waals surface area contributed by atoms with Gasteiger partial charge in [0.2, 0.25) is 23.6 Å². The molecule has 2 heterocycles. The smallest absolute Gasteiger partial charge is 0.253 e. The van der Waals surface area contributed by atoms with Crippen molar-refractivity contribution in [3.8, 4) is 11.1 Å². The molecule has 8 atom stereocenters. The molecule has 80 heavy (non-hydrogen) atoms. The predicted molar refractivity (Wildman–Crippen MR) is 308 cm³/mol. The molecule has 430 valence electrons. The molecule has 2 aliphatic carbocycles. The number of benzene rings is 4. The summed E-state index contributed by atoms with van der Waals surface area (Å²) in [7, 11) is 3.39. The molecule has 4 aromatic rings. The van der Waals surface area contributed by atoms with Gasteiger partial charge in [-0.1, -0.05) is 123 Å². The molecule has 0 aromatic heterocycles. The van der Waals surface area contributed by atoms with E-state index in [9.17, 15) is 28.8 Å². The lowest BCUT2D eigenvalue weighted by Gasteiger charge is -2.36. The molecule has 0 bridgehead atoms. The summed E-state index contributed by atoms with van der Waals surface area (Å²) in [6, 6.07) is 30.4. The second-order valence-corrected chi connectivity index (χ2v) is 22.9. The van der Waals surface area contributed by atoms with E-state index in [0.29, 0.717) is 37.1 Å². The van der Waals surface area contributed by atoms with Gasteiger partial charge in [0.05, 0.1) is 37.3 Å². The van der Waals surface area contributed by atoms with E-state index >= 15 is 8.78 Å². The molecule has 2 saturated carbocycles. The van der Waals surface area contributed by atoms with Gasteiger partial charge in [0.15, 0.2) is 0 Å². The molecular weight excluding hydrogens is 1010 g/mol. The molecule has 6 amide bonds. The maximum Gasteiger partial charge on any atom is 0.253 e. The first-order valence-electron chi connectivity index (χ1n) is 29.4. The Hall–Kier alpha value is -6.52. The summed E-state index contributed by atoms with van der Waals surface area (Å²) in [6.45, 7) is 4.18. The van der Waals surface area contributed by atoms with Crippen LogP contribution in [0, 0.1) is 11.8 Å². The molecule has 2 saturated heterocycles. The molecule has 8 rings (SSSR count). The fraction of sp³-hybridized carbons (Fsp3) is 0.531. The average Bonchev–Trinajstić information content (AvgIpc) is 4.07. The fourth-order valence-electron chi connectivity index (χ4n) is 12.3. The van der Waals surface area contributed by atoms with Crippen molar-refractivity contribution in [1.29, 1.82) is 0 Å². The van der Waals surface area contributed by atoms with Crippen LogP contribution in [0.4, 0.5) is 8.78 Å². The Balaban J connectivity index is 0.986. The number of halogens is 2. The summed E-state index contributed by atoms with van der Waals surface area (Å²) in [6.07, 6.45) is 7.86. The van der Waals surface area contributed by atoms with Crippen molar-refractivity contribution in [3.63, 3.8) is 0 Å². The van der Waals surface area contributed by atoms with Crippen LogP contribution >= 0.6 is 0 Å². The molecule has 4 aromatic carbocycles. The van der Waals surface area contributed by atoms with Crippen molar-refractivity contribution in [2.75, 3.05) is 53.4 Å². The summed E-state index contributed by atoms with van der Waals surface area (Å²) in [5.74, 6) is -1.79. The topological polar surface area (TPSA) is 163 Å². The van der Waals surface area contributed by atoms with Crippen LogP contribution in [-0.2, 0) is 32.0 Å². The predicted octanol–water partition coefficient (Wildman–Crippen LogP) is 7.95. The van der Waals surface area contributed by atoms with E-state index in [4.69, 9.17) is 0 Å². The summed E-state index contributed by atoms with van der Waals surface area (Å²) in [5.41, 5.74) is 4.55. The highest BCUT2D eigenvalue weighted by atomic mass is 19.1. The van der Waals surface area contributed by atoms with Crippen molar-refractivity contribution < 1.29 is 37.5 Å². The number of nitrogens with one attached hydrogen (secondary N) is 4. The van der Waals surface area contributed by atoms with Crippen molar-refractivity contribution in [2.24, 2.45) is 11.8 Å². The van der Waals surface area contributed by atoms with Crippen LogP contribution in [-0.4, -0.2) is 157 Å². The minimum atomic E-state index is -1.28. The Morgan fingerprint density at radius 3 is 1.20 bits per heavy atom. The Labute approximate surface area is 472 Å². The van der Waals surface area contributed by atoms with E-state index in [1.165, 1.54) is 0 Å². The lowest BCUT2D eigenvalue weighted by atomic mass is 9.83. The first-order valence-corrected chi connectivity index (χ1v) is 29.4. The van der Waals surface area contributed by atoms with Gasteiger partial charge < -0.3 is 40.9 Å². The lowest BCUT2D eigenvalue weighted by Crippen LogP contribution is -2.57. The average molecular weight is 1100 g/mol. The minimum absolute atomic E-state index is 0.0628. The molecule has 4 fully saturated rings. The van der Waals surface area contributed by atoms with Crippen LogP contribution in [0.1, 0.15) is 123 Å². The molecule has 2 aliphatic heterocycles. The summed E-state index contributed by atoms with van der Waals surface area (Å²) in [4.78, 5) is 91.6. The largest absolute Gasteiger partial charge is 0.343 e. The highest BCUT2D eigenvalue weighted by Crippen LogP contribution is 2.33. The first kappa shape index (κ1) is 59.6. The Kier molecular flexibility index (Phi) is 21.4. The van der Waals surface area contributed by atoms with Crippen molar-refractivity contribution in [1.82, 2.24) is 40.9 Å². The SMILES string of the molecule is CN[C@@H](C)C(=O)N[C@H](C(=O)N1C[C@H](F)C[C@H]1CN(CCc1ccccc1)C(=O)c1ccc(-c2ccc(C(=O)N(CCc3ccccc3)C[C@@H]3C[C@@H](F)CN3C(=O)[C@@H](NC(=O)[C@H](C)NC)C3CCCCC3)cc2)cc1)C1CCCCC1. The standard InChI is InChI=1S/C64H84F2N8O6/c1-43(67-3)59(75)69-57(49-21-13-7-14-22-49)63(79)73-39-53(65)37-55(73)41-71(35-33-45-17-9-5-10-18-45)61(77)51-29-25-47(26-30-51)48-27-31-52(32-28-48)62(78)72(36-34-46-19-11-6-12-20-46)42-56-38-54(66)40-74(56)64(80)58(50-23-15-8-16-24-50)70-60(76)44(2)68-4/h5-6,9-12,17-20,25-32,43-44,49-50,53-58,67-68H,7-8,13-16,21-24,33-42H2,1-4H3,(H,69,75)(H,70,76)/t43-,44-,53+,54+,55-,56-,57-,58-/m0/s1. The van der Waals surface area contributed by atoms with E-state index in [1.807, 2.05) is 84.9 Å². The van der Waals surface area contributed by atoms with E-state index in [0.717, 1.165) is 86.5 Å². The lowest BCUT2D eigenvalue weighted by molar-refractivity contribution is -0.140. The molecule has 0 unspecified atom stereocenters. The Bertz CT molecular complexity index is 2490. The second kappa shape index (κ2) is 28.8. The maximum atomic E-state index is 15.6. The van der Waals surface area contributed by atoms with Gasteiger partial charge >= 0.3 is 0 Å². The fourth-order valence-corrected chi connectivity index (χ4v) is 12.3. The molecular formula is C64H84F2N8O6. The Morgan fingerprint density at radius 1 is 0.512 bits per heavy atom. The van der Waals surface area contributed by atoms with Gasteiger partial charge in [-0.2, -0.15) is 0 Å². The number of rotatable bonds is 23. The zero-order valence-electron chi connectivity index (χ0n) is 47.3. The van der Waals surface area contributed by atoms with Crippen LogP contribution < -0.4 is 21.3 Å². The zero-order valence-corrected chi connectivity index (χ0v) is 47.3. The number of likely N-dealkylation sites (tertiary alicyclic amines) is 2. The van der Waals surface area contributed by atoms with Gasteiger partial charge in [-0.15, -0.1) is 0 Å². The van der Waals surface area contributed by atoms with E-state index in [1.54, 1.807) is 71.8 Å². The van der Waals surface area contributed by atoms with Gasteiger partial charge in [0.25, 0.3) is 11.8 Å². The van der Waals surface area contributed by atoms with Crippen LogP contribution in [0.15, 0.2) is 109 Å². The van der Waals surface area contributed by atoms with Gasteiger partial charge in [-0.25, -0.2) is 8.78 Å². The highest BCUT2D eigenvalue weighted by molar-refractivity contribution is 5.96. The Morgan fingerprint density at radius 2 is 0.863 bits per heavy atom. The number of carbonyl (C=O) groups excluding carboxylic acids is 6. The van der Waals surface area contributed by atoms with Gasteiger partial charge in [-0.05, 0) is 125 Å². The third kappa shape index (κ3) is 15.5. The van der Waals surface area contributed by atoms with Crippen LogP contribution in [0.3, 0.4) is 0 Å². The number of amides is 6. The van der Waals surface area contributed by atoms with Crippen molar-refractivity contribution in [2.45, 2.75) is 152 Å². The third-order valence-electron chi connectivity index (χ3n) is 17.4. The monoisotopic (exact) mass is 1100 g/mol. The van der Waals surface area contributed by atoms with Crippen molar-refractivity contribution >= 4 is 35.4 Å². The van der Waals surface area contributed by atoms with Crippen molar-refractivity contribution in [3.05, 3.63) is 131 Å². The molecule has 14 nitrogen and oxygen atoms in total. The van der Waals surface area contributed by atoms with Gasteiger partial charge in [0.1, 0.15) is 24.4 Å². The van der Waals surface area contributed by atoms with E-state index < -0.39 is 48.6 Å². The van der Waals surface area contributed by atoms with Crippen LogP contribution in [0.25, 0.3) is 11.1 Å². The van der Waals surface area contributed by atoms with E-state index in [-0.39, 0.29) is 86.3 Å². The summed E-state index contributed by atoms with van der Waals surface area (Å²) < 4.78 is 31.2. The maximum absolute atomic E-state index is 15.6. The number of alkyl halides is 2. The van der Waals surface area contributed by atoms with Crippen LogP contribution in [0.2, 0.25) is 0 Å². The minimum Gasteiger partial charge on any atom is -0.343 e. The quantitative estimate of drug-likeness (QED) is 0.0582. The molecule has 0 radical (unpaired) electrons. The third-order valence-corrected chi connectivity index (χ3v) is 17.4. The number of nitrogens with zero attached hydrogens (tertiary/aromatic N) is 4. The zero-order chi connectivity index (χ0) is 56.7. The number of carbonyl (C=O) groups is 6. The van der Waals surface area contributed by atoms with Gasteiger partial charge in [0, 0.05) is 50.1 Å². The van der Waals surface area contributed by atoms with Gasteiger partial charge in [-0.3, -0.25) is 28.8 Å². The highest BCUT2D eigenvalue weighted by Gasteiger charge is 2.44. The summed E-state index contributed by atoms with van der Waals surface area (Å²) in [5, 5.41) is 12.0.